The number of ether oxygens (including phenoxy) is 1. The molecule has 2 aliphatic heterocycles. The first-order valence-electron chi connectivity index (χ1n) is 6.27. The lowest BCUT2D eigenvalue weighted by atomic mass is 10.1. The Morgan fingerprint density at radius 1 is 1.39 bits per heavy atom. The Labute approximate surface area is 107 Å². The zero-order valence-corrected chi connectivity index (χ0v) is 11.1. The van der Waals surface area contributed by atoms with Crippen molar-refractivity contribution in [2.45, 2.75) is 30.6 Å². The third-order valence-electron chi connectivity index (χ3n) is 3.58. The van der Waals surface area contributed by atoms with Gasteiger partial charge in [-0.2, -0.15) is 0 Å². The van der Waals surface area contributed by atoms with Gasteiger partial charge in [0.2, 0.25) is 5.91 Å². The largest absolute Gasteiger partial charge is 0.394 e. The van der Waals surface area contributed by atoms with Gasteiger partial charge in [0.05, 0.1) is 31.6 Å². The molecular weight excluding hydrogens is 258 g/mol. The van der Waals surface area contributed by atoms with Gasteiger partial charge >= 0.3 is 0 Å². The highest BCUT2D eigenvalue weighted by Crippen LogP contribution is 2.23. The summed E-state index contributed by atoms with van der Waals surface area (Å²) in [7, 11) is -3.32. The number of aliphatic hydroxyl groups excluding tert-OH is 1. The van der Waals surface area contributed by atoms with E-state index >= 15 is 0 Å². The molecule has 6 nitrogen and oxygen atoms in total. The van der Waals surface area contributed by atoms with Gasteiger partial charge < -0.3 is 14.7 Å². The molecule has 7 heteroatoms. The number of morpholine rings is 1. The molecule has 0 aromatic heterocycles. The topological polar surface area (TPSA) is 83.9 Å². The normalized spacial score (nSPS) is 32.2. The lowest BCUT2D eigenvalue weighted by Gasteiger charge is -2.37. The molecule has 2 aliphatic rings. The molecule has 0 radical (unpaired) electrons. The van der Waals surface area contributed by atoms with Crippen LogP contribution in [-0.2, 0) is 19.4 Å². The van der Waals surface area contributed by atoms with Crippen molar-refractivity contribution in [3.8, 4) is 0 Å². The van der Waals surface area contributed by atoms with Crippen molar-refractivity contribution >= 4 is 15.7 Å². The molecule has 2 fully saturated rings. The molecule has 2 saturated heterocycles. The van der Waals surface area contributed by atoms with Crippen molar-refractivity contribution in [2.24, 2.45) is 0 Å². The van der Waals surface area contributed by atoms with E-state index in [0.717, 1.165) is 6.42 Å². The molecule has 104 valence electrons. The number of amides is 1. The average Bonchev–Trinajstić information content (AvgIpc) is 2.37. The highest BCUT2D eigenvalue weighted by atomic mass is 32.2. The van der Waals surface area contributed by atoms with Gasteiger partial charge in [-0.15, -0.1) is 0 Å². The van der Waals surface area contributed by atoms with Crippen molar-refractivity contribution in [1.29, 1.82) is 0 Å². The Hall–Kier alpha value is -0.660. The van der Waals surface area contributed by atoms with Gasteiger partial charge in [0, 0.05) is 6.54 Å². The Bertz CT molecular complexity index is 408. The van der Waals surface area contributed by atoms with Gasteiger partial charge in [-0.1, -0.05) is 6.42 Å². The highest BCUT2D eigenvalue weighted by molar-refractivity contribution is 7.92. The maximum atomic E-state index is 12.3. The molecule has 0 aliphatic carbocycles. The van der Waals surface area contributed by atoms with Crippen LogP contribution in [0, 0.1) is 0 Å². The summed E-state index contributed by atoms with van der Waals surface area (Å²) >= 11 is 0. The first-order chi connectivity index (χ1) is 8.56. The third kappa shape index (κ3) is 2.67. The number of hydrogen-bond acceptors (Lipinski definition) is 5. The number of rotatable bonds is 2. The summed E-state index contributed by atoms with van der Waals surface area (Å²) in [6, 6.07) is -0.414. The average molecular weight is 277 g/mol. The summed E-state index contributed by atoms with van der Waals surface area (Å²) in [6.07, 6.45) is 1.80. The summed E-state index contributed by atoms with van der Waals surface area (Å²) < 4.78 is 29.0. The maximum Gasteiger partial charge on any atom is 0.241 e. The summed E-state index contributed by atoms with van der Waals surface area (Å²) in [6.45, 7) is 0.832. The quantitative estimate of drug-likeness (QED) is 0.712. The lowest BCUT2D eigenvalue weighted by molar-refractivity contribution is -0.141. The molecule has 2 atom stereocenters. The Balaban J connectivity index is 2.14. The predicted octanol–water partition coefficient (Wildman–Crippen LogP) is -0.827. The number of sulfone groups is 1. The van der Waals surface area contributed by atoms with Crippen LogP contribution in [0.5, 0.6) is 0 Å². The fraction of sp³-hybridized carbons (Fsp3) is 0.909. The van der Waals surface area contributed by atoms with E-state index in [-0.39, 0.29) is 24.9 Å². The van der Waals surface area contributed by atoms with Crippen LogP contribution in [0.2, 0.25) is 0 Å². The van der Waals surface area contributed by atoms with Crippen LogP contribution >= 0.6 is 0 Å². The monoisotopic (exact) mass is 277 g/mol. The standard InChI is InChI=1S/C11H19NO5S/c13-7-9-8-17-5-4-12(9)11(14)10-3-1-2-6-18(10,15)16/h9-10,13H,1-8H2. The van der Waals surface area contributed by atoms with Crippen LogP contribution in [0.15, 0.2) is 0 Å². The number of carbonyl (C=O) groups is 1. The molecule has 2 heterocycles. The summed E-state index contributed by atoms with van der Waals surface area (Å²) in [4.78, 5) is 13.8. The first kappa shape index (κ1) is 13.8. The van der Waals surface area contributed by atoms with Crippen LogP contribution in [0.25, 0.3) is 0 Å². The van der Waals surface area contributed by atoms with Crippen LogP contribution in [-0.4, -0.2) is 67.7 Å². The molecule has 1 amide bonds. The SMILES string of the molecule is O=C(C1CCCCS1(=O)=O)N1CCOCC1CO. The van der Waals surface area contributed by atoms with Gasteiger partial charge in [-0.25, -0.2) is 8.42 Å². The Kier molecular flexibility index (Phi) is 4.24. The van der Waals surface area contributed by atoms with Crippen LogP contribution < -0.4 is 0 Å². The smallest absolute Gasteiger partial charge is 0.241 e. The van der Waals surface area contributed by atoms with Gasteiger partial charge in [-0.3, -0.25) is 4.79 Å². The second-order valence-corrected chi connectivity index (χ2v) is 7.10. The van der Waals surface area contributed by atoms with Gasteiger partial charge in [0.15, 0.2) is 9.84 Å². The minimum absolute atomic E-state index is 0.0948. The maximum absolute atomic E-state index is 12.3. The van der Waals surface area contributed by atoms with Crippen molar-refractivity contribution in [3.05, 3.63) is 0 Å². The fourth-order valence-electron chi connectivity index (χ4n) is 2.51. The lowest BCUT2D eigenvalue weighted by Crippen LogP contribution is -2.55. The fourth-order valence-corrected chi connectivity index (χ4v) is 4.37. The second kappa shape index (κ2) is 5.54. The van der Waals surface area contributed by atoms with Crippen LogP contribution in [0.3, 0.4) is 0 Å². The molecular formula is C11H19NO5S. The van der Waals surface area contributed by atoms with E-state index in [1.807, 2.05) is 0 Å². The molecule has 0 bridgehead atoms. The molecule has 2 unspecified atom stereocenters. The minimum atomic E-state index is -3.32. The van der Waals surface area contributed by atoms with E-state index in [1.54, 1.807) is 0 Å². The number of carbonyl (C=O) groups excluding carboxylic acids is 1. The van der Waals surface area contributed by atoms with E-state index in [9.17, 15) is 18.3 Å². The molecule has 0 aromatic rings. The summed E-state index contributed by atoms with van der Waals surface area (Å²) in [5.74, 6) is -0.269. The third-order valence-corrected chi connectivity index (χ3v) is 5.74. The van der Waals surface area contributed by atoms with E-state index < -0.39 is 21.1 Å². The highest BCUT2D eigenvalue weighted by Gasteiger charge is 2.40. The van der Waals surface area contributed by atoms with Gasteiger partial charge in [0.25, 0.3) is 0 Å². The van der Waals surface area contributed by atoms with Crippen molar-refractivity contribution < 1.29 is 23.1 Å². The number of nitrogens with zero attached hydrogens (tertiary/aromatic N) is 1. The van der Waals surface area contributed by atoms with Crippen LogP contribution in [0.1, 0.15) is 19.3 Å². The predicted molar refractivity (Wildman–Crippen MR) is 64.8 cm³/mol. The van der Waals surface area contributed by atoms with E-state index in [4.69, 9.17) is 4.74 Å². The van der Waals surface area contributed by atoms with Crippen molar-refractivity contribution in [1.82, 2.24) is 4.90 Å². The Morgan fingerprint density at radius 3 is 2.83 bits per heavy atom. The number of hydrogen-bond donors (Lipinski definition) is 1. The van der Waals surface area contributed by atoms with Crippen molar-refractivity contribution in [3.63, 3.8) is 0 Å². The Morgan fingerprint density at radius 2 is 2.17 bits per heavy atom. The zero-order valence-electron chi connectivity index (χ0n) is 10.2. The van der Waals surface area contributed by atoms with E-state index in [1.165, 1.54) is 4.90 Å². The summed E-state index contributed by atoms with van der Waals surface area (Å²) in [5, 5.41) is 8.30. The number of aliphatic hydroxyl groups is 1. The molecule has 2 rings (SSSR count). The van der Waals surface area contributed by atoms with Crippen LogP contribution in [0.4, 0.5) is 0 Å². The van der Waals surface area contributed by atoms with E-state index in [2.05, 4.69) is 0 Å². The zero-order chi connectivity index (χ0) is 13.2. The van der Waals surface area contributed by atoms with Gasteiger partial charge in [-0.05, 0) is 12.8 Å². The molecule has 18 heavy (non-hydrogen) atoms. The second-order valence-electron chi connectivity index (χ2n) is 4.79. The van der Waals surface area contributed by atoms with Crippen molar-refractivity contribution in [2.75, 3.05) is 32.1 Å². The molecule has 1 N–H and O–H groups in total. The molecule has 0 spiro atoms. The van der Waals surface area contributed by atoms with E-state index in [0.29, 0.717) is 26.0 Å². The van der Waals surface area contributed by atoms with Gasteiger partial charge in [0.1, 0.15) is 5.25 Å². The molecule has 0 saturated carbocycles. The first-order valence-corrected chi connectivity index (χ1v) is 7.98. The molecule has 0 aromatic carbocycles. The minimum Gasteiger partial charge on any atom is -0.394 e. The summed E-state index contributed by atoms with van der Waals surface area (Å²) in [5.41, 5.74) is 0.